The number of benzene rings is 2. The molecular formula is C29H29FN6O2. The Kier molecular flexibility index (Phi) is 7.08. The standard InChI is InChI=1S/C29H29FN6O2/c1-4-17-10-23(26(30)25(11-17)38-5-2)27(35-20-6-7-22-18(12-20)8-9-33-28(22)31)29-34-16-24(36-29)19-13-21(37-3)15-32-14-19/h6-16,27,35H,4-5H2,1-3H3,(H2,31,33)(H,34,36). The first-order valence-electron chi connectivity index (χ1n) is 12.4. The summed E-state index contributed by atoms with van der Waals surface area (Å²) in [6.07, 6.45) is 7.45. The van der Waals surface area contributed by atoms with Gasteiger partial charge in [-0.05, 0) is 60.7 Å². The summed E-state index contributed by atoms with van der Waals surface area (Å²) in [5, 5.41) is 5.24. The van der Waals surface area contributed by atoms with E-state index in [4.69, 9.17) is 15.2 Å². The smallest absolute Gasteiger partial charge is 0.170 e. The second-order valence-corrected chi connectivity index (χ2v) is 8.79. The maximum atomic E-state index is 15.9. The number of H-pyrrole nitrogens is 1. The van der Waals surface area contributed by atoms with Gasteiger partial charge in [-0.15, -0.1) is 0 Å². The summed E-state index contributed by atoms with van der Waals surface area (Å²) in [7, 11) is 1.59. The quantitative estimate of drug-likeness (QED) is 0.225. The molecule has 194 valence electrons. The molecule has 1 atom stereocenters. The van der Waals surface area contributed by atoms with Crippen LogP contribution in [-0.2, 0) is 6.42 Å². The lowest BCUT2D eigenvalue weighted by atomic mass is 9.99. The number of nitrogens with one attached hydrogen (secondary N) is 2. The number of nitrogens with zero attached hydrogens (tertiary/aromatic N) is 3. The number of imidazole rings is 1. The molecule has 0 aliphatic rings. The molecule has 8 nitrogen and oxygen atoms in total. The highest BCUT2D eigenvalue weighted by atomic mass is 19.1. The zero-order chi connectivity index (χ0) is 26.6. The summed E-state index contributed by atoms with van der Waals surface area (Å²) in [6.45, 7) is 4.22. The summed E-state index contributed by atoms with van der Waals surface area (Å²) in [5.74, 6) is 1.40. The molecule has 38 heavy (non-hydrogen) atoms. The summed E-state index contributed by atoms with van der Waals surface area (Å²) in [4.78, 5) is 16.4. The van der Waals surface area contributed by atoms with Gasteiger partial charge in [-0.1, -0.05) is 13.0 Å². The van der Waals surface area contributed by atoms with E-state index in [9.17, 15) is 0 Å². The minimum Gasteiger partial charge on any atom is -0.495 e. The van der Waals surface area contributed by atoms with Gasteiger partial charge < -0.3 is 25.5 Å². The molecule has 2 aromatic carbocycles. The number of anilines is 2. The van der Waals surface area contributed by atoms with Gasteiger partial charge in [0.25, 0.3) is 0 Å². The highest BCUT2D eigenvalue weighted by Gasteiger charge is 2.25. The number of aryl methyl sites for hydroxylation is 1. The molecular weight excluding hydrogens is 483 g/mol. The minimum atomic E-state index is -0.648. The van der Waals surface area contributed by atoms with Crippen LogP contribution >= 0.6 is 0 Å². The molecule has 5 rings (SSSR count). The van der Waals surface area contributed by atoms with Crippen molar-refractivity contribution in [2.75, 3.05) is 24.8 Å². The monoisotopic (exact) mass is 512 g/mol. The topological polar surface area (TPSA) is 111 Å². The van der Waals surface area contributed by atoms with Crippen LogP contribution in [0.15, 0.2) is 67.3 Å². The first kappa shape index (κ1) is 25.0. The molecule has 0 bridgehead atoms. The third-order valence-electron chi connectivity index (χ3n) is 6.38. The van der Waals surface area contributed by atoms with Crippen LogP contribution < -0.4 is 20.5 Å². The average molecular weight is 513 g/mol. The lowest BCUT2D eigenvalue weighted by Crippen LogP contribution is -2.17. The predicted octanol–water partition coefficient (Wildman–Crippen LogP) is 5.91. The van der Waals surface area contributed by atoms with E-state index < -0.39 is 11.9 Å². The first-order chi connectivity index (χ1) is 18.5. The number of aromatic amines is 1. The van der Waals surface area contributed by atoms with Crippen LogP contribution in [0.1, 0.15) is 36.8 Å². The number of nitrogen functional groups attached to an aromatic ring is 1. The van der Waals surface area contributed by atoms with E-state index in [0.29, 0.717) is 29.6 Å². The van der Waals surface area contributed by atoms with Crippen molar-refractivity contribution >= 4 is 22.3 Å². The van der Waals surface area contributed by atoms with Crippen LogP contribution in [0.3, 0.4) is 0 Å². The van der Waals surface area contributed by atoms with E-state index in [1.807, 2.05) is 50.2 Å². The van der Waals surface area contributed by atoms with Crippen LogP contribution in [-0.4, -0.2) is 33.7 Å². The van der Waals surface area contributed by atoms with Crippen LogP contribution in [0.25, 0.3) is 22.0 Å². The Morgan fingerprint density at radius 2 is 1.92 bits per heavy atom. The maximum Gasteiger partial charge on any atom is 0.170 e. The van der Waals surface area contributed by atoms with Crippen molar-refractivity contribution in [3.8, 4) is 22.8 Å². The van der Waals surface area contributed by atoms with Gasteiger partial charge in [0.1, 0.15) is 23.4 Å². The number of fused-ring (bicyclic) bond motifs is 1. The number of rotatable bonds is 9. The van der Waals surface area contributed by atoms with Gasteiger partial charge in [-0.2, -0.15) is 0 Å². The van der Waals surface area contributed by atoms with Gasteiger partial charge in [0.15, 0.2) is 11.6 Å². The summed E-state index contributed by atoms with van der Waals surface area (Å²) >= 11 is 0. The zero-order valence-corrected chi connectivity index (χ0v) is 21.5. The van der Waals surface area contributed by atoms with E-state index in [2.05, 4.69) is 25.3 Å². The molecule has 3 aromatic heterocycles. The number of hydrogen-bond donors (Lipinski definition) is 3. The fraction of sp³-hybridized carbons (Fsp3) is 0.207. The van der Waals surface area contributed by atoms with Crippen LogP contribution in [0, 0.1) is 5.82 Å². The Hall–Kier alpha value is -4.66. The fourth-order valence-electron chi connectivity index (χ4n) is 4.41. The van der Waals surface area contributed by atoms with E-state index in [1.54, 1.807) is 38.0 Å². The Labute approximate surface area is 220 Å². The zero-order valence-electron chi connectivity index (χ0n) is 21.5. The number of halogens is 1. The fourth-order valence-corrected chi connectivity index (χ4v) is 4.41. The molecule has 9 heteroatoms. The molecule has 3 heterocycles. The predicted molar refractivity (Wildman–Crippen MR) is 147 cm³/mol. The van der Waals surface area contributed by atoms with Crippen molar-refractivity contribution in [1.29, 1.82) is 0 Å². The molecule has 0 amide bonds. The van der Waals surface area contributed by atoms with Crippen molar-refractivity contribution in [1.82, 2.24) is 19.9 Å². The Bertz CT molecular complexity index is 1590. The third-order valence-corrected chi connectivity index (χ3v) is 6.38. The summed E-state index contributed by atoms with van der Waals surface area (Å²) < 4.78 is 26.9. The molecule has 0 saturated carbocycles. The lowest BCUT2D eigenvalue weighted by Gasteiger charge is -2.22. The van der Waals surface area contributed by atoms with Gasteiger partial charge in [-0.3, -0.25) is 4.98 Å². The molecule has 0 radical (unpaired) electrons. The van der Waals surface area contributed by atoms with Crippen LogP contribution in [0.2, 0.25) is 0 Å². The van der Waals surface area contributed by atoms with E-state index >= 15 is 4.39 Å². The van der Waals surface area contributed by atoms with E-state index in [1.165, 1.54) is 0 Å². The number of pyridine rings is 2. The van der Waals surface area contributed by atoms with Crippen molar-refractivity contribution < 1.29 is 13.9 Å². The second-order valence-electron chi connectivity index (χ2n) is 8.79. The summed E-state index contributed by atoms with van der Waals surface area (Å²) in [5.41, 5.74) is 9.72. The van der Waals surface area contributed by atoms with E-state index in [0.717, 1.165) is 39.7 Å². The van der Waals surface area contributed by atoms with Crippen molar-refractivity contribution in [2.45, 2.75) is 26.3 Å². The normalized spacial score (nSPS) is 11.9. The Balaban J connectivity index is 1.62. The molecule has 0 aliphatic carbocycles. The van der Waals surface area contributed by atoms with Gasteiger partial charge in [0, 0.05) is 34.6 Å². The molecule has 0 spiro atoms. The largest absolute Gasteiger partial charge is 0.495 e. The van der Waals surface area contributed by atoms with Crippen LogP contribution in [0.4, 0.5) is 15.9 Å². The second kappa shape index (κ2) is 10.8. The number of ether oxygens (including phenoxy) is 2. The number of aromatic nitrogens is 4. The van der Waals surface area contributed by atoms with Gasteiger partial charge in [0.2, 0.25) is 0 Å². The van der Waals surface area contributed by atoms with Gasteiger partial charge in [0.05, 0.1) is 31.8 Å². The molecule has 0 fully saturated rings. The van der Waals surface area contributed by atoms with Gasteiger partial charge in [-0.25, -0.2) is 14.4 Å². The third kappa shape index (κ3) is 4.95. The van der Waals surface area contributed by atoms with Crippen LogP contribution in [0.5, 0.6) is 11.5 Å². The molecule has 0 aliphatic heterocycles. The SMILES string of the molecule is CCOc1cc(CC)cc(C(Nc2ccc3c(N)nccc3c2)c2ncc(-c3cncc(OC)c3)[nH]2)c1F. The van der Waals surface area contributed by atoms with E-state index in [-0.39, 0.29) is 5.75 Å². The Morgan fingerprint density at radius 1 is 1.05 bits per heavy atom. The highest BCUT2D eigenvalue weighted by Crippen LogP contribution is 2.35. The molecule has 0 saturated heterocycles. The maximum absolute atomic E-state index is 15.9. The number of nitrogens with two attached hydrogens (primary N) is 1. The first-order valence-corrected chi connectivity index (χ1v) is 12.4. The van der Waals surface area contributed by atoms with Crippen molar-refractivity contribution in [2.24, 2.45) is 0 Å². The highest BCUT2D eigenvalue weighted by molar-refractivity contribution is 5.92. The van der Waals surface area contributed by atoms with Gasteiger partial charge >= 0.3 is 0 Å². The molecule has 1 unspecified atom stereocenters. The Morgan fingerprint density at radius 3 is 2.71 bits per heavy atom. The molecule has 4 N–H and O–H groups in total. The molecule has 5 aromatic rings. The van der Waals surface area contributed by atoms with Crippen molar-refractivity contribution in [3.05, 3.63) is 90.0 Å². The van der Waals surface area contributed by atoms with Crippen molar-refractivity contribution in [3.63, 3.8) is 0 Å². The number of hydrogen-bond acceptors (Lipinski definition) is 7. The lowest BCUT2D eigenvalue weighted by molar-refractivity contribution is 0.319. The minimum absolute atomic E-state index is 0.217. The number of methoxy groups -OCH3 is 1. The average Bonchev–Trinajstić information content (AvgIpc) is 3.43. The summed E-state index contributed by atoms with van der Waals surface area (Å²) in [6, 6.07) is 12.5.